The van der Waals surface area contributed by atoms with Crippen molar-refractivity contribution in [3.8, 4) is 16.9 Å². The molecular weight excluding hydrogens is 364 g/mol. The predicted octanol–water partition coefficient (Wildman–Crippen LogP) is 4.11. The molecule has 0 heterocycles. The quantitative estimate of drug-likeness (QED) is 0.660. The van der Waals surface area contributed by atoms with Crippen LogP contribution in [0.4, 0.5) is 0 Å². The second kappa shape index (κ2) is 9.24. The molecule has 2 amide bonds. The van der Waals surface area contributed by atoms with Crippen LogP contribution in [-0.2, 0) is 4.79 Å². The standard InChI is InChI=1S/C24H26N2O3/c1-4-26(5-2)24(28)19-12-10-18(11-13-19)23-20-9-7-6-8-17(20)14-15-21(23)29-16-22(27)25-3/h6-15H,4-5,16H2,1-3H3,(H,25,27). The molecule has 0 unspecified atom stereocenters. The van der Waals surface area contributed by atoms with Crippen LogP contribution in [0, 0.1) is 0 Å². The average molecular weight is 390 g/mol. The molecule has 3 aromatic carbocycles. The first-order valence-electron chi connectivity index (χ1n) is 9.83. The third-order valence-corrected chi connectivity index (χ3v) is 5.00. The van der Waals surface area contributed by atoms with E-state index in [2.05, 4.69) is 5.32 Å². The van der Waals surface area contributed by atoms with E-state index >= 15 is 0 Å². The molecule has 0 bridgehead atoms. The molecule has 0 spiro atoms. The monoisotopic (exact) mass is 390 g/mol. The molecule has 3 aromatic rings. The Balaban J connectivity index is 2.03. The van der Waals surface area contributed by atoms with Crippen LogP contribution < -0.4 is 10.1 Å². The van der Waals surface area contributed by atoms with Crippen molar-refractivity contribution in [1.82, 2.24) is 10.2 Å². The van der Waals surface area contributed by atoms with Crippen LogP contribution >= 0.6 is 0 Å². The number of hydrogen-bond acceptors (Lipinski definition) is 3. The highest BCUT2D eigenvalue weighted by molar-refractivity contribution is 6.01. The average Bonchev–Trinajstić information content (AvgIpc) is 2.77. The Kier molecular flexibility index (Phi) is 6.50. The van der Waals surface area contributed by atoms with Gasteiger partial charge in [-0.2, -0.15) is 0 Å². The number of carbonyl (C=O) groups excluding carboxylic acids is 2. The Labute approximate surface area is 171 Å². The zero-order chi connectivity index (χ0) is 20.8. The van der Waals surface area contributed by atoms with Crippen molar-refractivity contribution < 1.29 is 14.3 Å². The molecule has 0 aliphatic rings. The SMILES string of the molecule is CCN(CC)C(=O)c1ccc(-c2c(OCC(=O)NC)ccc3ccccc23)cc1. The van der Waals surface area contributed by atoms with Gasteiger partial charge in [0.15, 0.2) is 6.61 Å². The number of benzene rings is 3. The molecule has 0 fully saturated rings. The first-order chi connectivity index (χ1) is 14.1. The lowest BCUT2D eigenvalue weighted by Crippen LogP contribution is -2.30. The van der Waals surface area contributed by atoms with Crippen molar-refractivity contribution in [2.75, 3.05) is 26.7 Å². The van der Waals surface area contributed by atoms with E-state index in [0.717, 1.165) is 21.9 Å². The summed E-state index contributed by atoms with van der Waals surface area (Å²) in [5.41, 5.74) is 2.50. The van der Waals surface area contributed by atoms with Gasteiger partial charge in [-0.05, 0) is 48.4 Å². The first kappa shape index (κ1) is 20.4. The molecule has 0 saturated carbocycles. The highest BCUT2D eigenvalue weighted by Crippen LogP contribution is 2.37. The number of nitrogens with zero attached hydrogens (tertiary/aromatic N) is 1. The Morgan fingerprint density at radius 2 is 1.62 bits per heavy atom. The Morgan fingerprint density at radius 3 is 2.28 bits per heavy atom. The summed E-state index contributed by atoms with van der Waals surface area (Å²) < 4.78 is 5.82. The van der Waals surface area contributed by atoms with Crippen LogP contribution in [0.2, 0.25) is 0 Å². The lowest BCUT2D eigenvalue weighted by atomic mass is 9.96. The molecular formula is C24H26N2O3. The van der Waals surface area contributed by atoms with E-state index in [1.807, 2.05) is 74.5 Å². The number of likely N-dealkylation sites (N-methyl/N-ethyl adjacent to an activating group) is 1. The fraction of sp³-hybridized carbons (Fsp3) is 0.250. The summed E-state index contributed by atoms with van der Waals surface area (Å²) in [4.78, 5) is 26.1. The summed E-state index contributed by atoms with van der Waals surface area (Å²) in [6, 6.07) is 19.5. The number of fused-ring (bicyclic) bond motifs is 1. The van der Waals surface area contributed by atoms with Gasteiger partial charge in [0.2, 0.25) is 0 Å². The van der Waals surface area contributed by atoms with E-state index in [1.165, 1.54) is 0 Å². The predicted molar refractivity (Wildman–Crippen MR) is 116 cm³/mol. The fourth-order valence-corrected chi connectivity index (χ4v) is 3.36. The zero-order valence-corrected chi connectivity index (χ0v) is 17.1. The van der Waals surface area contributed by atoms with Gasteiger partial charge < -0.3 is 15.0 Å². The van der Waals surface area contributed by atoms with E-state index in [-0.39, 0.29) is 18.4 Å². The topological polar surface area (TPSA) is 58.6 Å². The molecule has 0 radical (unpaired) electrons. The molecule has 0 atom stereocenters. The van der Waals surface area contributed by atoms with Gasteiger partial charge in [-0.1, -0.05) is 42.5 Å². The number of amides is 2. The first-order valence-corrected chi connectivity index (χ1v) is 9.83. The minimum atomic E-state index is -0.190. The van der Waals surface area contributed by atoms with Crippen LogP contribution in [0.25, 0.3) is 21.9 Å². The molecule has 5 heteroatoms. The Hall–Kier alpha value is -3.34. The van der Waals surface area contributed by atoms with Gasteiger partial charge in [0.25, 0.3) is 11.8 Å². The van der Waals surface area contributed by atoms with Gasteiger partial charge in [0.05, 0.1) is 0 Å². The second-order valence-electron chi connectivity index (χ2n) is 6.68. The van der Waals surface area contributed by atoms with Crippen molar-refractivity contribution in [3.05, 3.63) is 66.2 Å². The van der Waals surface area contributed by atoms with Crippen LogP contribution in [0.15, 0.2) is 60.7 Å². The maximum absolute atomic E-state index is 12.6. The highest BCUT2D eigenvalue weighted by atomic mass is 16.5. The molecule has 3 rings (SSSR count). The Morgan fingerprint density at radius 1 is 0.931 bits per heavy atom. The number of carbonyl (C=O) groups is 2. The van der Waals surface area contributed by atoms with Crippen molar-refractivity contribution >= 4 is 22.6 Å². The van der Waals surface area contributed by atoms with Gasteiger partial charge in [-0.3, -0.25) is 9.59 Å². The minimum absolute atomic E-state index is 0.0237. The molecule has 150 valence electrons. The summed E-state index contributed by atoms with van der Waals surface area (Å²) in [5.74, 6) is 0.468. The molecule has 0 aliphatic heterocycles. The van der Waals surface area contributed by atoms with Gasteiger partial charge in [0.1, 0.15) is 5.75 Å². The van der Waals surface area contributed by atoms with E-state index in [4.69, 9.17) is 4.74 Å². The van der Waals surface area contributed by atoms with Crippen LogP contribution in [0.5, 0.6) is 5.75 Å². The zero-order valence-electron chi connectivity index (χ0n) is 17.1. The molecule has 5 nitrogen and oxygen atoms in total. The lowest BCUT2D eigenvalue weighted by Gasteiger charge is -2.19. The van der Waals surface area contributed by atoms with Gasteiger partial charge in [-0.25, -0.2) is 0 Å². The van der Waals surface area contributed by atoms with Crippen LogP contribution in [0.3, 0.4) is 0 Å². The number of ether oxygens (including phenoxy) is 1. The van der Waals surface area contributed by atoms with Gasteiger partial charge in [0, 0.05) is 31.3 Å². The minimum Gasteiger partial charge on any atom is -0.483 e. The summed E-state index contributed by atoms with van der Waals surface area (Å²) in [7, 11) is 1.58. The van der Waals surface area contributed by atoms with Crippen molar-refractivity contribution in [2.45, 2.75) is 13.8 Å². The fourth-order valence-electron chi connectivity index (χ4n) is 3.36. The van der Waals surface area contributed by atoms with Crippen molar-refractivity contribution in [1.29, 1.82) is 0 Å². The van der Waals surface area contributed by atoms with Gasteiger partial charge >= 0.3 is 0 Å². The maximum Gasteiger partial charge on any atom is 0.257 e. The third-order valence-electron chi connectivity index (χ3n) is 5.00. The smallest absolute Gasteiger partial charge is 0.257 e. The maximum atomic E-state index is 12.6. The van der Waals surface area contributed by atoms with E-state index in [0.29, 0.717) is 24.4 Å². The van der Waals surface area contributed by atoms with Gasteiger partial charge in [-0.15, -0.1) is 0 Å². The van der Waals surface area contributed by atoms with E-state index < -0.39 is 0 Å². The molecule has 29 heavy (non-hydrogen) atoms. The van der Waals surface area contributed by atoms with Crippen LogP contribution in [-0.4, -0.2) is 43.5 Å². The van der Waals surface area contributed by atoms with Crippen LogP contribution in [0.1, 0.15) is 24.2 Å². The third kappa shape index (κ3) is 4.40. The second-order valence-corrected chi connectivity index (χ2v) is 6.68. The molecule has 0 aliphatic carbocycles. The summed E-state index contributed by atoms with van der Waals surface area (Å²) in [6.45, 7) is 5.25. The summed E-state index contributed by atoms with van der Waals surface area (Å²) in [5, 5.41) is 4.68. The number of nitrogens with one attached hydrogen (secondary N) is 1. The highest BCUT2D eigenvalue weighted by Gasteiger charge is 2.15. The molecule has 0 saturated heterocycles. The lowest BCUT2D eigenvalue weighted by molar-refractivity contribution is -0.122. The number of rotatable bonds is 7. The largest absolute Gasteiger partial charge is 0.483 e. The summed E-state index contributed by atoms with van der Waals surface area (Å²) >= 11 is 0. The van der Waals surface area contributed by atoms with Crippen molar-refractivity contribution in [3.63, 3.8) is 0 Å². The number of hydrogen-bond donors (Lipinski definition) is 1. The van der Waals surface area contributed by atoms with E-state index in [9.17, 15) is 9.59 Å². The molecule has 1 N–H and O–H groups in total. The normalized spacial score (nSPS) is 10.6. The molecule has 0 aromatic heterocycles. The van der Waals surface area contributed by atoms with E-state index in [1.54, 1.807) is 11.9 Å². The summed E-state index contributed by atoms with van der Waals surface area (Å²) in [6.07, 6.45) is 0. The Bertz CT molecular complexity index is 1010. The van der Waals surface area contributed by atoms with Crippen molar-refractivity contribution in [2.24, 2.45) is 0 Å².